The minimum atomic E-state index is -2.02. The number of carbonyl (C=O) groups is 3. The lowest BCUT2D eigenvalue weighted by Crippen LogP contribution is -2.47. The summed E-state index contributed by atoms with van der Waals surface area (Å²) in [6, 6.07) is 21.4. The lowest BCUT2D eigenvalue weighted by Gasteiger charge is -2.20. The third-order valence-electron chi connectivity index (χ3n) is 6.44. The Balaban J connectivity index is 1.36. The Bertz CT molecular complexity index is 1320. The van der Waals surface area contributed by atoms with Crippen LogP contribution in [0.1, 0.15) is 35.4 Å². The van der Waals surface area contributed by atoms with E-state index >= 15 is 0 Å². The highest BCUT2D eigenvalue weighted by molar-refractivity contribution is 7.79. The van der Waals surface area contributed by atoms with Crippen LogP contribution in [0.15, 0.2) is 72.8 Å². The number of amides is 3. The van der Waals surface area contributed by atoms with Crippen LogP contribution in [0.25, 0.3) is 11.1 Å². The van der Waals surface area contributed by atoms with Crippen LogP contribution < -0.4 is 16.0 Å². The van der Waals surface area contributed by atoms with Crippen LogP contribution in [-0.2, 0) is 27.2 Å². The van der Waals surface area contributed by atoms with E-state index in [-0.39, 0.29) is 37.7 Å². The van der Waals surface area contributed by atoms with Crippen LogP contribution in [0.3, 0.4) is 0 Å². The third-order valence-corrected chi connectivity index (χ3v) is 7.07. The third kappa shape index (κ3) is 7.43. The van der Waals surface area contributed by atoms with Gasteiger partial charge in [-0.2, -0.15) is 0 Å². The van der Waals surface area contributed by atoms with Gasteiger partial charge in [-0.1, -0.05) is 60.7 Å². The van der Waals surface area contributed by atoms with Crippen LogP contribution in [0.5, 0.6) is 0 Å². The molecule has 1 aliphatic carbocycles. The van der Waals surface area contributed by atoms with Crippen molar-refractivity contribution in [3.63, 3.8) is 0 Å². The van der Waals surface area contributed by atoms with Gasteiger partial charge in [0.2, 0.25) is 5.91 Å². The molecular formula is C28H29N3O7S. The van der Waals surface area contributed by atoms with Crippen molar-refractivity contribution in [3.8, 4) is 11.1 Å². The molecule has 0 fully saturated rings. The number of carboxylic acid groups (broad SMARTS) is 1. The summed E-state index contributed by atoms with van der Waals surface area (Å²) in [4.78, 5) is 36.4. The minimum Gasteiger partial charge on any atom is -0.465 e. The summed E-state index contributed by atoms with van der Waals surface area (Å²) in [6.45, 7) is 0.229. The number of ether oxygens (including phenoxy) is 1. The highest BCUT2D eigenvalue weighted by Crippen LogP contribution is 2.44. The predicted octanol–water partition coefficient (Wildman–Crippen LogP) is 4.30. The van der Waals surface area contributed by atoms with Crippen molar-refractivity contribution in [3.05, 3.63) is 89.5 Å². The van der Waals surface area contributed by atoms with Gasteiger partial charge in [-0.25, -0.2) is 13.8 Å². The highest BCUT2D eigenvalue weighted by atomic mass is 32.2. The van der Waals surface area contributed by atoms with Crippen molar-refractivity contribution in [2.45, 2.75) is 31.3 Å². The van der Waals surface area contributed by atoms with Gasteiger partial charge in [0.05, 0.1) is 0 Å². The fraction of sp³-hybridized carbons (Fsp3) is 0.250. The number of hydrogen-bond acceptors (Lipinski definition) is 5. The Morgan fingerprint density at radius 2 is 1.54 bits per heavy atom. The van der Waals surface area contributed by atoms with Crippen molar-refractivity contribution in [1.29, 1.82) is 0 Å². The predicted molar refractivity (Wildman–Crippen MR) is 147 cm³/mol. The molecule has 204 valence electrons. The van der Waals surface area contributed by atoms with E-state index in [0.717, 1.165) is 27.8 Å². The zero-order chi connectivity index (χ0) is 27.8. The molecule has 0 bridgehead atoms. The van der Waals surface area contributed by atoms with Crippen molar-refractivity contribution < 1.29 is 33.0 Å². The van der Waals surface area contributed by atoms with Crippen LogP contribution in [0.2, 0.25) is 0 Å². The van der Waals surface area contributed by atoms with Gasteiger partial charge < -0.3 is 25.0 Å². The molecule has 0 heterocycles. The Kier molecular flexibility index (Phi) is 9.29. The SMILES string of the molecule is O=C(O)Nc1ccc(CNC(=O)[C@H](CCCS(=O)O)NC(=O)OCC2c3ccccc3-c3ccccc32)cc1. The summed E-state index contributed by atoms with van der Waals surface area (Å²) in [5.74, 6) is -0.639. The van der Waals surface area contributed by atoms with Gasteiger partial charge in [0.15, 0.2) is 11.1 Å². The summed E-state index contributed by atoms with van der Waals surface area (Å²) in [5.41, 5.74) is 5.44. The molecule has 0 spiro atoms. The molecule has 0 saturated heterocycles. The Morgan fingerprint density at radius 1 is 0.923 bits per heavy atom. The van der Waals surface area contributed by atoms with Gasteiger partial charge in [0.25, 0.3) is 0 Å². The normalized spacial score (nSPS) is 13.5. The van der Waals surface area contributed by atoms with Crippen LogP contribution in [-0.4, -0.2) is 50.4 Å². The summed E-state index contributed by atoms with van der Waals surface area (Å²) in [5, 5.41) is 16.4. The maximum atomic E-state index is 12.9. The second-order valence-electron chi connectivity index (χ2n) is 9.04. The smallest absolute Gasteiger partial charge is 0.409 e. The maximum Gasteiger partial charge on any atom is 0.409 e. The molecule has 5 N–H and O–H groups in total. The van der Waals surface area contributed by atoms with E-state index in [1.54, 1.807) is 24.3 Å². The molecule has 1 aliphatic rings. The fourth-order valence-electron chi connectivity index (χ4n) is 4.60. The average molecular weight is 552 g/mol. The van der Waals surface area contributed by atoms with E-state index < -0.39 is 35.2 Å². The number of hydrogen-bond donors (Lipinski definition) is 5. The van der Waals surface area contributed by atoms with E-state index in [2.05, 4.69) is 16.0 Å². The quantitative estimate of drug-likeness (QED) is 0.223. The lowest BCUT2D eigenvalue weighted by atomic mass is 9.98. The average Bonchev–Trinajstić information content (AvgIpc) is 3.24. The number of anilines is 1. The van der Waals surface area contributed by atoms with E-state index in [1.165, 1.54) is 0 Å². The minimum absolute atomic E-state index is 0.0335. The largest absolute Gasteiger partial charge is 0.465 e. The van der Waals surface area contributed by atoms with Crippen molar-refractivity contribution in [2.24, 2.45) is 0 Å². The first kappa shape index (κ1) is 27.8. The molecule has 3 aromatic rings. The Labute approximate surface area is 228 Å². The number of alkyl carbamates (subject to hydrolysis) is 1. The second-order valence-corrected chi connectivity index (χ2v) is 10.1. The molecule has 0 aliphatic heterocycles. The lowest BCUT2D eigenvalue weighted by molar-refractivity contribution is -0.123. The molecule has 10 nitrogen and oxygen atoms in total. The molecule has 39 heavy (non-hydrogen) atoms. The topological polar surface area (TPSA) is 154 Å². The first-order chi connectivity index (χ1) is 18.8. The van der Waals surface area contributed by atoms with Gasteiger partial charge in [-0.15, -0.1) is 0 Å². The van der Waals surface area contributed by atoms with E-state index in [4.69, 9.17) is 14.4 Å². The summed E-state index contributed by atoms with van der Waals surface area (Å²) in [7, 11) is 0. The Morgan fingerprint density at radius 3 is 2.13 bits per heavy atom. The molecular weight excluding hydrogens is 522 g/mol. The van der Waals surface area contributed by atoms with Crippen LogP contribution in [0.4, 0.5) is 15.3 Å². The number of benzene rings is 3. The van der Waals surface area contributed by atoms with Crippen LogP contribution >= 0.6 is 0 Å². The van der Waals surface area contributed by atoms with Gasteiger partial charge in [-0.05, 0) is 52.8 Å². The van der Waals surface area contributed by atoms with Gasteiger partial charge in [0.1, 0.15) is 12.6 Å². The summed E-state index contributed by atoms with van der Waals surface area (Å²) in [6.07, 6.45) is -1.56. The fourth-order valence-corrected chi connectivity index (χ4v) is 5.02. The first-order valence-electron chi connectivity index (χ1n) is 12.4. The number of fused-ring (bicyclic) bond motifs is 3. The molecule has 0 radical (unpaired) electrons. The molecule has 2 atom stereocenters. The zero-order valence-corrected chi connectivity index (χ0v) is 21.8. The van der Waals surface area contributed by atoms with Gasteiger partial charge in [0, 0.05) is 23.9 Å². The van der Waals surface area contributed by atoms with Crippen molar-refractivity contribution in [2.75, 3.05) is 17.7 Å². The molecule has 0 aromatic heterocycles. The standard InChI is InChI=1S/C28H29N3O7S/c32-26(29-16-18-11-13-19(14-12-18)30-27(33)34)25(10-5-15-39(36)37)31-28(35)38-17-24-22-8-3-1-6-20(22)21-7-2-4-9-23(21)24/h1-4,6-9,11-14,24-25,30H,5,10,15-17H2,(H,29,32)(H,31,35)(H,33,34)(H,36,37)/t25-/m0/s1. The highest BCUT2D eigenvalue weighted by Gasteiger charge is 2.29. The second kappa shape index (κ2) is 13.0. The summed E-state index contributed by atoms with van der Waals surface area (Å²) >= 11 is -2.02. The van der Waals surface area contributed by atoms with Gasteiger partial charge in [-0.3, -0.25) is 10.1 Å². The van der Waals surface area contributed by atoms with E-state index in [0.29, 0.717) is 5.69 Å². The molecule has 0 saturated carbocycles. The molecule has 3 aromatic carbocycles. The maximum absolute atomic E-state index is 12.9. The molecule has 11 heteroatoms. The van der Waals surface area contributed by atoms with Crippen molar-refractivity contribution in [1.82, 2.24) is 10.6 Å². The van der Waals surface area contributed by atoms with Crippen molar-refractivity contribution >= 4 is 34.9 Å². The monoisotopic (exact) mass is 551 g/mol. The summed E-state index contributed by atoms with van der Waals surface area (Å²) < 4.78 is 25.7. The Hall–Kier alpha value is -4.22. The van der Waals surface area contributed by atoms with Crippen LogP contribution in [0, 0.1) is 0 Å². The molecule has 4 rings (SSSR count). The number of carbonyl (C=O) groups excluding carboxylic acids is 2. The zero-order valence-electron chi connectivity index (χ0n) is 21.0. The number of rotatable bonds is 11. The van der Waals surface area contributed by atoms with Gasteiger partial charge >= 0.3 is 12.2 Å². The molecule has 1 unspecified atom stereocenters. The van der Waals surface area contributed by atoms with E-state index in [1.807, 2.05) is 48.5 Å². The van der Waals surface area contributed by atoms with E-state index in [9.17, 15) is 18.6 Å². The number of nitrogens with one attached hydrogen (secondary N) is 3. The molecule has 3 amide bonds. The first-order valence-corrected chi connectivity index (χ1v) is 13.6.